The average molecular weight is 991 g/mol. The van der Waals surface area contributed by atoms with Gasteiger partial charge in [-0.15, -0.1) is 0 Å². The monoisotopic (exact) mass is 989 g/mol. The van der Waals surface area contributed by atoms with Crippen molar-refractivity contribution in [2.24, 2.45) is 13.0 Å². The number of hydrogen-bond acceptors (Lipinski definition) is 8. The molecule has 1 N–H and O–H groups in total. The lowest BCUT2D eigenvalue weighted by Crippen LogP contribution is -2.58. The van der Waals surface area contributed by atoms with Crippen LogP contribution in [0.5, 0.6) is 11.5 Å². The van der Waals surface area contributed by atoms with Crippen LogP contribution in [0.1, 0.15) is 80.5 Å². The van der Waals surface area contributed by atoms with Crippen LogP contribution >= 0.6 is 23.2 Å². The van der Waals surface area contributed by atoms with E-state index in [-0.39, 0.29) is 43.4 Å². The Kier molecular flexibility index (Phi) is 15.7. The van der Waals surface area contributed by atoms with Gasteiger partial charge in [-0.2, -0.15) is 0 Å². The number of halogens is 2. The second-order valence-electron chi connectivity index (χ2n) is 19.9. The number of nitrogens with one attached hydrogen (secondary N) is 1. The van der Waals surface area contributed by atoms with Crippen molar-refractivity contribution in [1.29, 1.82) is 0 Å². The molecule has 0 unspecified atom stereocenters. The standard InChI is InChI=1S/C55H65Cl2N7O6/c1-35-52(66)59-47(34-69-7)54(68)61(5)41(26-36-14-19-39(56)20-15-36)32-60(4)53(67)44(45-29-55(2,3)46-13-9-8-12-43(45)46)28-51(65)64(35)31-38-16-21-40(57)27-49(38)70-42-22-17-37(18-23-42)48-30-58-50(62(48)6)33-63-24-10-11-25-63/h8-9,12-23,27,30,35,41,44-45,47H,10-11,24-26,28-29,31-34H2,1-7H3,(H,59,66)/t35-,41+,44-,45-,47-/m0/s1. The molecule has 5 atom stereocenters. The van der Waals surface area contributed by atoms with E-state index in [1.807, 2.05) is 61.8 Å². The molecule has 3 heterocycles. The van der Waals surface area contributed by atoms with Crippen LogP contribution in [0.15, 0.2) is 97.2 Å². The van der Waals surface area contributed by atoms with Gasteiger partial charge in [0, 0.05) is 62.4 Å². The third kappa shape index (κ3) is 11.2. The van der Waals surface area contributed by atoms with Crippen molar-refractivity contribution in [3.8, 4) is 22.8 Å². The van der Waals surface area contributed by atoms with Gasteiger partial charge < -0.3 is 34.1 Å². The number of methoxy groups -OCH3 is 1. The van der Waals surface area contributed by atoms with Crippen LogP contribution in [-0.4, -0.2) is 118 Å². The summed E-state index contributed by atoms with van der Waals surface area (Å²) >= 11 is 12.9. The average Bonchev–Trinajstić information content (AvgIpc) is 4.07. The highest BCUT2D eigenvalue weighted by Crippen LogP contribution is 2.50. The van der Waals surface area contributed by atoms with Crippen molar-refractivity contribution in [3.05, 3.63) is 135 Å². The van der Waals surface area contributed by atoms with E-state index in [4.69, 9.17) is 37.7 Å². The number of hydrogen-bond donors (Lipinski definition) is 1. The summed E-state index contributed by atoms with van der Waals surface area (Å²) in [5, 5.41) is 3.94. The third-order valence-corrected chi connectivity index (χ3v) is 15.2. The largest absolute Gasteiger partial charge is 0.457 e. The molecule has 4 aromatic carbocycles. The summed E-state index contributed by atoms with van der Waals surface area (Å²) in [6.45, 7) is 8.94. The summed E-state index contributed by atoms with van der Waals surface area (Å²) in [4.78, 5) is 71.6. The van der Waals surface area contributed by atoms with E-state index >= 15 is 9.59 Å². The topological polar surface area (TPSA) is 130 Å². The molecule has 5 aromatic rings. The number of amides is 4. The Bertz CT molecular complexity index is 2680. The lowest BCUT2D eigenvalue weighted by Gasteiger charge is -2.38. The van der Waals surface area contributed by atoms with Crippen LogP contribution in [0.25, 0.3) is 11.3 Å². The van der Waals surface area contributed by atoms with Crippen molar-refractivity contribution in [2.75, 3.05) is 47.4 Å². The summed E-state index contributed by atoms with van der Waals surface area (Å²) in [5.74, 6) is -0.718. The van der Waals surface area contributed by atoms with Gasteiger partial charge in [-0.1, -0.05) is 79.5 Å². The van der Waals surface area contributed by atoms with Crippen LogP contribution in [0.4, 0.5) is 0 Å². The number of ether oxygens (including phenoxy) is 2. The molecule has 4 amide bonds. The second kappa shape index (κ2) is 21.7. The first-order valence-corrected chi connectivity index (χ1v) is 25.0. The molecule has 0 radical (unpaired) electrons. The molecule has 15 heteroatoms. The van der Waals surface area contributed by atoms with Crippen molar-refractivity contribution < 1.29 is 28.7 Å². The van der Waals surface area contributed by atoms with Gasteiger partial charge in [0.1, 0.15) is 29.4 Å². The number of carbonyl (C=O) groups excluding carboxylic acids is 4. The number of carbonyl (C=O) groups is 4. The summed E-state index contributed by atoms with van der Waals surface area (Å²) in [5.41, 5.74) is 5.38. The normalized spacial score (nSPS) is 22.6. The van der Waals surface area contributed by atoms with Crippen LogP contribution in [0.2, 0.25) is 10.0 Å². The molecule has 2 fully saturated rings. The minimum absolute atomic E-state index is 0.0672. The lowest BCUT2D eigenvalue weighted by atomic mass is 9.80. The van der Waals surface area contributed by atoms with Gasteiger partial charge in [-0.05, 0) is 122 Å². The quantitative estimate of drug-likeness (QED) is 0.132. The van der Waals surface area contributed by atoms with Gasteiger partial charge in [0.25, 0.3) is 0 Å². The van der Waals surface area contributed by atoms with Gasteiger partial charge in [0.15, 0.2) is 0 Å². The maximum atomic E-state index is 15.3. The summed E-state index contributed by atoms with van der Waals surface area (Å²) in [7, 11) is 6.93. The Hall–Kier alpha value is -5.73. The first kappa shape index (κ1) is 50.7. The van der Waals surface area contributed by atoms with Crippen molar-refractivity contribution in [3.63, 3.8) is 0 Å². The van der Waals surface area contributed by atoms with Gasteiger partial charge in [-0.3, -0.25) is 24.1 Å². The maximum absolute atomic E-state index is 15.3. The molecule has 0 spiro atoms. The van der Waals surface area contributed by atoms with Crippen molar-refractivity contribution in [1.82, 2.24) is 34.5 Å². The molecule has 1 aromatic heterocycles. The molecule has 13 nitrogen and oxygen atoms in total. The maximum Gasteiger partial charge on any atom is 0.247 e. The summed E-state index contributed by atoms with van der Waals surface area (Å²) in [6, 6.07) is 25.8. The van der Waals surface area contributed by atoms with Gasteiger partial charge in [-0.25, -0.2) is 4.98 Å². The van der Waals surface area contributed by atoms with E-state index in [1.165, 1.54) is 24.9 Å². The zero-order valence-electron chi connectivity index (χ0n) is 41.3. The summed E-state index contributed by atoms with van der Waals surface area (Å²) < 4.78 is 14.2. The van der Waals surface area contributed by atoms with E-state index in [0.29, 0.717) is 39.9 Å². The molecule has 2 saturated heterocycles. The molecule has 3 aliphatic rings. The fourth-order valence-electron chi connectivity index (χ4n) is 10.6. The van der Waals surface area contributed by atoms with Gasteiger partial charge >= 0.3 is 0 Å². The summed E-state index contributed by atoms with van der Waals surface area (Å²) in [6.07, 6.45) is 5.20. The first-order valence-electron chi connectivity index (χ1n) is 24.2. The Morgan fingerprint density at radius 1 is 0.829 bits per heavy atom. The smallest absolute Gasteiger partial charge is 0.247 e. The van der Waals surface area contributed by atoms with E-state index in [1.54, 1.807) is 61.2 Å². The van der Waals surface area contributed by atoms with Gasteiger partial charge in [0.05, 0.1) is 43.5 Å². The molecule has 370 valence electrons. The predicted molar refractivity (Wildman–Crippen MR) is 273 cm³/mol. The van der Waals surface area contributed by atoms with Crippen LogP contribution in [0, 0.1) is 5.92 Å². The third-order valence-electron chi connectivity index (χ3n) is 14.7. The molecule has 70 heavy (non-hydrogen) atoms. The van der Waals surface area contributed by atoms with E-state index < -0.39 is 41.8 Å². The molecule has 0 bridgehead atoms. The number of likely N-dealkylation sites (tertiary alicyclic amines) is 1. The second-order valence-corrected chi connectivity index (χ2v) is 20.8. The SMILES string of the molecule is COC[C@@H]1NC(=O)[C@H](C)N(Cc2ccc(Cl)cc2Oc2ccc(-c3cnc(CN4CCCC4)n3C)cc2)C(=O)C[C@@H]([C@H]2CC(C)(C)c3ccccc32)C(=O)N(C)C[C@@H](Cc2ccc(Cl)cc2)N(C)C1=O. The molecular formula is C55H65Cl2N7O6. The molecule has 2 aliphatic heterocycles. The number of benzene rings is 4. The molecular weight excluding hydrogens is 926 g/mol. The number of likely N-dealkylation sites (N-methyl/N-ethyl adjacent to an activating group) is 2. The van der Waals surface area contributed by atoms with E-state index in [0.717, 1.165) is 53.4 Å². The zero-order valence-corrected chi connectivity index (χ0v) is 42.8. The Labute approximate surface area is 422 Å². The van der Waals surface area contributed by atoms with E-state index in [2.05, 4.69) is 40.8 Å². The van der Waals surface area contributed by atoms with Crippen molar-refractivity contribution in [2.45, 2.75) is 95.4 Å². The van der Waals surface area contributed by atoms with Crippen molar-refractivity contribution >= 4 is 46.8 Å². The zero-order chi connectivity index (χ0) is 49.9. The number of fused-ring (bicyclic) bond motifs is 1. The number of aromatic nitrogens is 2. The highest BCUT2D eigenvalue weighted by Gasteiger charge is 2.46. The Morgan fingerprint density at radius 2 is 1.53 bits per heavy atom. The number of nitrogens with zero attached hydrogens (tertiary/aromatic N) is 6. The minimum atomic E-state index is -1.10. The molecule has 1 aliphatic carbocycles. The fourth-order valence-corrected chi connectivity index (χ4v) is 10.9. The van der Waals surface area contributed by atoms with Crippen LogP contribution in [-0.2, 0) is 55.9 Å². The molecule has 0 saturated carbocycles. The fraction of sp³-hybridized carbons (Fsp3) is 0.436. The number of imidazole rings is 1. The number of rotatable bonds is 12. The Balaban J connectivity index is 1.12. The highest BCUT2D eigenvalue weighted by molar-refractivity contribution is 6.31. The lowest BCUT2D eigenvalue weighted by molar-refractivity contribution is -0.148. The van der Waals surface area contributed by atoms with E-state index in [9.17, 15) is 9.59 Å². The highest BCUT2D eigenvalue weighted by atomic mass is 35.5. The van der Waals surface area contributed by atoms with Crippen LogP contribution in [0.3, 0.4) is 0 Å². The van der Waals surface area contributed by atoms with Gasteiger partial charge in [0.2, 0.25) is 23.6 Å². The minimum Gasteiger partial charge on any atom is -0.457 e. The first-order chi connectivity index (χ1) is 33.5. The predicted octanol–water partition coefficient (Wildman–Crippen LogP) is 8.64. The molecule has 8 rings (SSSR count). The van der Waals surface area contributed by atoms with Crippen LogP contribution < -0.4 is 10.1 Å². The Morgan fingerprint density at radius 3 is 2.24 bits per heavy atom.